The van der Waals surface area contributed by atoms with E-state index < -0.39 is 29.0 Å². The van der Waals surface area contributed by atoms with Gasteiger partial charge in [-0.25, -0.2) is 0 Å². The molecule has 5 rings (SSSR count). The number of rotatable bonds is 2. The van der Waals surface area contributed by atoms with Crippen LogP contribution in [0.5, 0.6) is 0 Å². The minimum Gasteiger partial charge on any atom is -0.472 e. The fourth-order valence-corrected chi connectivity index (χ4v) is 6.57. The van der Waals surface area contributed by atoms with Crippen molar-refractivity contribution in [2.24, 2.45) is 28.6 Å². The maximum atomic E-state index is 13.2. The van der Waals surface area contributed by atoms with Crippen molar-refractivity contribution in [1.29, 1.82) is 0 Å². The van der Waals surface area contributed by atoms with Crippen molar-refractivity contribution in [1.82, 2.24) is 0 Å². The highest BCUT2D eigenvalue weighted by Crippen LogP contribution is 2.67. The fourth-order valence-electron chi connectivity index (χ4n) is 6.57. The first-order chi connectivity index (χ1) is 13.4. The van der Waals surface area contributed by atoms with Gasteiger partial charge in [0.1, 0.15) is 18.1 Å². The molecule has 3 heterocycles. The van der Waals surface area contributed by atoms with E-state index in [-0.39, 0.29) is 29.7 Å². The van der Waals surface area contributed by atoms with Crippen molar-refractivity contribution in [3.63, 3.8) is 0 Å². The molecule has 2 saturated carbocycles. The lowest BCUT2D eigenvalue weighted by molar-refractivity contribution is -0.196. The number of hydrogen-bond acceptors (Lipinski definition) is 7. The molecule has 1 aromatic heterocycles. The van der Waals surface area contributed by atoms with Gasteiger partial charge < -0.3 is 18.6 Å². The average molecular weight is 388 g/mol. The fraction of sp³-hybridized carbons (Fsp3) is 0.667. The molecular formula is C21H24O7. The summed E-state index contributed by atoms with van der Waals surface area (Å²) in [6.07, 6.45) is 5.20. The zero-order valence-corrected chi connectivity index (χ0v) is 16.0. The van der Waals surface area contributed by atoms with Crippen LogP contribution < -0.4 is 0 Å². The van der Waals surface area contributed by atoms with Crippen LogP contribution in [0, 0.1) is 28.6 Å². The van der Waals surface area contributed by atoms with Gasteiger partial charge in [-0.15, -0.1) is 0 Å². The third-order valence-electron chi connectivity index (χ3n) is 7.83. The maximum absolute atomic E-state index is 13.2. The van der Waals surface area contributed by atoms with Gasteiger partial charge in [-0.2, -0.15) is 0 Å². The number of cyclic esters (lactones) is 1. The molecule has 150 valence electrons. The van der Waals surface area contributed by atoms with Crippen LogP contribution in [0.15, 0.2) is 23.0 Å². The lowest BCUT2D eigenvalue weighted by Crippen LogP contribution is -2.60. The van der Waals surface area contributed by atoms with Crippen LogP contribution in [0.25, 0.3) is 0 Å². The summed E-state index contributed by atoms with van der Waals surface area (Å²) in [5.74, 6) is -1.69. The normalized spacial score (nSPS) is 44.1. The van der Waals surface area contributed by atoms with Crippen LogP contribution in [0.4, 0.5) is 0 Å². The van der Waals surface area contributed by atoms with Crippen LogP contribution in [-0.2, 0) is 28.6 Å². The van der Waals surface area contributed by atoms with E-state index in [4.69, 9.17) is 18.6 Å². The second-order valence-corrected chi connectivity index (χ2v) is 8.90. The van der Waals surface area contributed by atoms with E-state index in [9.17, 15) is 14.4 Å². The molecule has 0 spiro atoms. The molecule has 2 aliphatic heterocycles. The molecule has 7 nitrogen and oxygen atoms in total. The highest BCUT2D eigenvalue weighted by atomic mass is 16.6. The van der Waals surface area contributed by atoms with E-state index >= 15 is 0 Å². The van der Waals surface area contributed by atoms with Crippen molar-refractivity contribution in [3.05, 3.63) is 24.2 Å². The minimum atomic E-state index is -0.944. The topological polar surface area (TPSA) is 92.0 Å². The number of hydrogen-bond donors (Lipinski definition) is 0. The highest BCUT2D eigenvalue weighted by molar-refractivity contribution is 5.91. The average Bonchev–Trinajstić information content (AvgIpc) is 3.28. The number of ether oxygens (including phenoxy) is 3. The number of esters is 3. The minimum absolute atomic E-state index is 0.0581. The van der Waals surface area contributed by atoms with Crippen molar-refractivity contribution in [3.8, 4) is 0 Å². The molecule has 4 aliphatic rings. The number of carbonyl (C=O) groups is 3. The van der Waals surface area contributed by atoms with Gasteiger partial charge in [0.2, 0.25) is 0 Å². The summed E-state index contributed by atoms with van der Waals surface area (Å²) in [7, 11) is 1.41. The third kappa shape index (κ3) is 2.07. The zero-order chi connectivity index (χ0) is 19.7. The lowest BCUT2D eigenvalue weighted by Gasteiger charge is -2.55. The van der Waals surface area contributed by atoms with E-state index in [1.54, 1.807) is 12.3 Å². The van der Waals surface area contributed by atoms with Gasteiger partial charge in [-0.3, -0.25) is 14.4 Å². The Hall–Kier alpha value is -2.31. The van der Waals surface area contributed by atoms with Crippen LogP contribution >= 0.6 is 0 Å². The molecule has 2 unspecified atom stereocenters. The smallest absolute Gasteiger partial charge is 0.314 e. The number of furan rings is 1. The Bertz CT molecular complexity index is 830. The molecule has 1 aromatic rings. The highest BCUT2D eigenvalue weighted by Gasteiger charge is 2.74. The Morgan fingerprint density at radius 3 is 2.79 bits per heavy atom. The van der Waals surface area contributed by atoms with Crippen molar-refractivity contribution in [2.45, 2.75) is 51.2 Å². The van der Waals surface area contributed by atoms with E-state index in [0.717, 1.165) is 24.8 Å². The number of carbonyl (C=O) groups excluding carboxylic acids is 3. The first kappa shape index (κ1) is 17.8. The molecule has 4 fully saturated rings. The Morgan fingerprint density at radius 2 is 2.07 bits per heavy atom. The third-order valence-corrected chi connectivity index (χ3v) is 7.83. The molecular weight excluding hydrogens is 364 g/mol. The molecule has 28 heavy (non-hydrogen) atoms. The summed E-state index contributed by atoms with van der Waals surface area (Å²) in [6.45, 7) is 1.94. The van der Waals surface area contributed by atoms with Gasteiger partial charge in [0, 0.05) is 12.0 Å². The van der Waals surface area contributed by atoms with Crippen LogP contribution in [0.2, 0.25) is 0 Å². The summed E-state index contributed by atoms with van der Waals surface area (Å²) < 4.78 is 21.7. The Labute approximate surface area is 162 Å². The molecule has 2 bridgehead atoms. The lowest BCUT2D eigenvalue weighted by atomic mass is 9.46. The molecule has 0 aromatic carbocycles. The predicted molar refractivity (Wildman–Crippen MR) is 93.5 cm³/mol. The second-order valence-electron chi connectivity index (χ2n) is 8.90. The summed E-state index contributed by atoms with van der Waals surface area (Å²) in [4.78, 5) is 38.9. The Balaban J connectivity index is 1.60. The van der Waals surface area contributed by atoms with E-state index in [1.807, 2.05) is 6.92 Å². The molecule has 0 radical (unpaired) electrons. The van der Waals surface area contributed by atoms with Crippen molar-refractivity contribution >= 4 is 17.9 Å². The van der Waals surface area contributed by atoms with Gasteiger partial charge in [0.15, 0.2) is 0 Å². The van der Waals surface area contributed by atoms with Gasteiger partial charge in [0.05, 0.1) is 30.5 Å². The second kappa shape index (κ2) is 5.84. The predicted octanol–water partition coefficient (Wildman–Crippen LogP) is 2.79. The van der Waals surface area contributed by atoms with Crippen molar-refractivity contribution in [2.75, 3.05) is 7.11 Å². The first-order valence-corrected chi connectivity index (χ1v) is 9.94. The van der Waals surface area contributed by atoms with Crippen molar-refractivity contribution < 1.29 is 33.0 Å². The molecule has 7 atom stereocenters. The largest absolute Gasteiger partial charge is 0.472 e. The first-order valence-electron chi connectivity index (χ1n) is 9.94. The summed E-state index contributed by atoms with van der Waals surface area (Å²) in [6, 6.07) is 1.76. The van der Waals surface area contributed by atoms with Crippen LogP contribution in [-0.4, -0.2) is 31.1 Å². The van der Waals surface area contributed by atoms with Crippen LogP contribution in [0.1, 0.15) is 50.7 Å². The van der Waals surface area contributed by atoms with E-state index in [0.29, 0.717) is 12.8 Å². The molecule has 0 amide bonds. The van der Waals surface area contributed by atoms with Gasteiger partial charge in [-0.1, -0.05) is 6.42 Å². The summed E-state index contributed by atoms with van der Waals surface area (Å²) >= 11 is 0. The zero-order valence-electron chi connectivity index (χ0n) is 16.0. The summed E-state index contributed by atoms with van der Waals surface area (Å²) in [5.41, 5.74) is -0.874. The Kier molecular flexibility index (Phi) is 3.71. The molecule has 7 heteroatoms. The monoisotopic (exact) mass is 388 g/mol. The quantitative estimate of drug-likeness (QED) is 0.568. The van der Waals surface area contributed by atoms with Crippen LogP contribution in [0.3, 0.4) is 0 Å². The number of methoxy groups -OCH3 is 1. The van der Waals surface area contributed by atoms with E-state index in [2.05, 4.69) is 0 Å². The van der Waals surface area contributed by atoms with Gasteiger partial charge in [0.25, 0.3) is 0 Å². The van der Waals surface area contributed by atoms with Gasteiger partial charge >= 0.3 is 17.9 Å². The summed E-state index contributed by atoms with van der Waals surface area (Å²) in [5, 5.41) is 0. The maximum Gasteiger partial charge on any atom is 0.314 e. The Morgan fingerprint density at radius 1 is 1.25 bits per heavy atom. The standard InChI is InChI=1S/C21H24O7/c1-20(18(23)25-2)6-3-4-12-13(20)8-14-16-17(22)27-15(11-5-7-26-10-11)9-21(12,16)19(24)28-14/h5,7,10,12-16H,3-4,6,8-9H2,1-2H3/t12-,13-,14?,15+,16?,20+,21+/m1/s1. The van der Waals surface area contributed by atoms with Gasteiger partial charge in [-0.05, 0) is 44.1 Å². The SMILES string of the molecule is COC(=O)[C@@]1(C)CCC[C@@H]2[C@H]1CC1OC(=O)[C@@]23C[C@@H](c2ccoc2)OC(=O)C13. The van der Waals surface area contributed by atoms with E-state index in [1.165, 1.54) is 13.4 Å². The molecule has 2 saturated heterocycles. The number of fused-ring (bicyclic) bond motifs is 1. The molecule has 0 N–H and O–H groups in total. The molecule has 2 aliphatic carbocycles.